The Morgan fingerprint density at radius 2 is 2.19 bits per heavy atom. The number of fused-ring (bicyclic) bond motifs is 1. The van der Waals surface area contributed by atoms with Crippen molar-refractivity contribution < 1.29 is 4.74 Å². The second-order valence-corrected chi connectivity index (χ2v) is 7.71. The lowest BCUT2D eigenvalue weighted by Crippen LogP contribution is -2.47. The van der Waals surface area contributed by atoms with E-state index in [1.807, 2.05) is 11.3 Å². The van der Waals surface area contributed by atoms with Crippen molar-refractivity contribution in [1.29, 1.82) is 0 Å². The van der Waals surface area contributed by atoms with Gasteiger partial charge in [0, 0.05) is 22.2 Å². The number of hydrogen-bond acceptors (Lipinski definition) is 3. The van der Waals surface area contributed by atoms with Gasteiger partial charge in [0.1, 0.15) is 0 Å². The minimum atomic E-state index is 0.231. The molecule has 21 heavy (non-hydrogen) atoms. The third kappa shape index (κ3) is 2.41. The van der Waals surface area contributed by atoms with Gasteiger partial charge < -0.3 is 10.1 Å². The monoisotopic (exact) mass is 301 g/mol. The fourth-order valence-electron chi connectivity index (χ4n) is 4.04. The van der Waals surface area contributed by atoms with Crippen LogP contribution in [-0.4, -0.2) is 19.3 Å². The molecule has 112 valence electrons. The average Bonchev–Trinajstić information content (AvgIpc) is 2.90. The van der Waals surface area contributed by atoms with Crippen molar-refractivity contribution in [2.24, 2.45) is 5.92 Å². The van der Waals surface area contributed by atoms with Crippen LogP contribution in [0.15, 0.2) is 30.3 Å². The molecular weight excluding hydrogens is 278 g/mol. The molecule has 0 radical (unpaired) electrons. The van der Waals surface area contributed by atoms with Gasteiger partial charge in [-0.2, -0.15) is 0 Å². The van der Waals surface area contributed by atoms with Crippen molar-refractivity contribution in [3.05, 3.63) is 35.2 Å². The van der Waals surface area contributed by atoms with E-state index in [0.29, 0.717) is 12.0 Å². The van der Waals surface area contributed by atoms with Crippen molar-refractivity contribution in [2.75, 3.05) is 13.7 Å². The first kappa shape index (κ1) is 13.7. The lowest BCUT2D eigenvalue weighted by Gasteiger charge is -2.48. The number of ether oxygens (including phenoxy) is 1. The summed E-state index contributed by atoms with van der Waals surface area (Å²) in [5, 5.41) is 4.97. The van der Waals surface area contributed by atoms with Crippen LogP contribution >= 0.6 is 11.3 Å². The minimum absolute atomic E-state index is 0.231. The van der Waals surface area contributed by atoms with Crippen LogP contribution in [0.4, 0.5) is 0 Å². The Hall–Kier alpha value is -0.900. The van der Waals surface area contributed by atoms with Crippen LogP contribution in [-0.2, 0) is 4.74 Å². The van der Waals surface area contributed by atoms with E-state index in [0.717, 1.165) is 6.61 Å². The Kier molecular flexibility index (Phi) is 3.52. The van der Waals surface area contributed by atoms with Crippen LogP contribution in [0.3, 0.4) is 0 Å². The first-order valence-electron chi connectivity index (χ1n) is 8.09. The molecule has 1 saturated carbocycles. The summed E-state index contributed by atoms with van der Waals surface area (Å²) in [7, 11) is 2.11. The maximum absolute atomic E-state index is 6.10. The molecule has 1 aliphatic heterocycles. The Morgan fingerprint density at radius 1 is 1.33 bits per heavy atom. The summed E-state index contributed by atoms with van der Waals surface area (Å²) in [5.41, 5.74) is 0.231. The van der Waals surface area contributed by atoms with Crippen LogP contribution in [0.25, 0.3) is 10.1 Å². The van der Waals surface area contributed by atoms with E-state index in [-0.39, 0.29) is 5.60 Å². The van der Waals surface area contributed by atoms with E-state index < -0.39 is 0 Å². The Morgan fingerprint density at radius 3 is 2.90 bits per heavy atom. The van der Waals surface area contributed by atoms with Gasteiger partial charge in [-0.05, 0) is 62.6 Å². The predicted molar refractivity (Wildman–Crippen MR) is 88.9 cm³/mol. The minimum Gasteiger partial charge on any atom is -0.375 e. The quantitative estimate of drug-likeness (QED) is 0.900. The Bertz CT molecular complexity index is 598. The summed E-state index contributed by atoms with van der Waals surface area (Å²) in [6, 6.07) is 11.6. The van der Waals surface area contributed by atoms with E-state index in [4.69, 9.17) is 4.74 Å². The van der Waals surface area contributed by atoms with Crippen LogP contribution < -0.4 is 5.32 Å². The number of rotatable bonds is 3. The van der Waals surface area contributed by atoms with E-state index in [1.165, 1.54) is 47.1 Å². The molecule has 3 heteroatoms. The molecule has 2 aromatic rings. The van der Waals surface area contributed by atoms with Gasteiger partial charge in [0.25, 0.3) is 0 Å². The summed E-state index contributed by atoms with van der Waals surface area (Å²) in [6.45, 7) is 0.938. The van der Waals surface area contributed by atoms with Crippen LogP contribution in [0.1, 0.15) is 43.0 Å². The number of benzene rings is 1. The molecular formula is C18H23NOS. The highest BCUT2D eigenvalue weighted by Gasteiger charge is 2.44. The lowest BCUT2D eigenvalue weighted by molar-refractivity contribution is -0.147. The van der Waals surface area contributed by atoms with Gasteiger partial charge in [-0.1, -0.05) is 18.2 Å². The number of nitrogens with one attached hydrogen (secondary N) is 1. The number of thiophene rings is 1. The van der Waals surface area contributed by atoms with Crippen molar-refractivity contribution in [3.63, 3.8) is 0 Å². The summed E-state index contributed by atoms with van der Waals surface area (Å²) < 4.78 is 7.50. The van der Waals surface area contributed by atoms with Gasteiger partial charge in [0.2, 0.25) is 0 Å². The maximum Gasteiger partial charge on any atom is 0.0686 e. The zero-order valence-electron chi connectivity index (χ0n) is 12.6. The zero-order valence-corrected chi connectivity index (χ0v) is 13.4. The molecule has 2 atom stereocenters. The largest absolute Gasteiger partial charge is 0.375 e. The predicted octanol–water partition coefficient (Wildman–Crippen LogP) is 4.51. The van der Waals surface area contributed by atoms with E-state index in [1.54, 1.807) is 0 Å². The summed E-state index contributed by atoms with van der Waals surface area (Å²) in [5.74, 6) is 0.706. The van der Waals surface area contributed by atoms with Gasteiger partial charge in [-0.3, -0.25) is 0 Å². The molecule has 1 saturated heterocycles. The molecule has 4 rings (SSSR count). The Labute approximate surface area is 130 Å². The smallest absolute Gasteiger partial charge is 0.0686 e. The fraction of sp³-hybridized carbons (Fsp3) is 0.556. The van der Waals surface area contributed by atoms with Crippen molar-refractivity contribution in [2.45, 2.75) is 43.7 Å². The SMILES string of the molecule is CNC(c1cc2ccccc2s1)C1CCOC2(CCC2)C1. The summed E-state index contributed by atoms with van der Waals surface area (Å²) in [6.07, 6.45) is 6.30. The van der Waals surface area contributed by atoms with Gasteiger partial charge in [0.15, 0.2) is 0 Å². The highest BCUT2D eigenvalue weighted by atomic mass is 32.1. The molecule has 2 aliphatic rings. The molecule has 1 aromatic heterocycles. The van der Waals surface area contributed by atoms with Crippen molar-refractivity contribution >= 4 is 21.4 Å². The van der Waals surface area contributed by atoms with Gasteiger partial charge in [0.05, 0.1) is 5.60 Å². The van der Waals surface area contributed by atoms with Gasteiger partial charge >= 0.3 is 0 Å². The molecule has 0 amide bonds. The maximum atomic E-state index is 6.10. The molecule has 2 heterocycles. The fourth-order valence-corrected chi connectivity index (χ4v) is 5.30. The summed E-state index contributed by atoms with van der Waals surface area (Å²) >= 11 is 1.95. The zero-order chi connectivity index (χ0) is 14.3. The third-order valence-electron chi connectivity index (χ3n) is 5.33. The van der Waals surface area contributed by atoms with E-state index >= 15 is 0 Å². The molecule has 1 aromatic carbocycles. The molecule has 1 N–H and O–H groups in total. The second kappa shape index (κ2) is 5.38. The van der Waals surface area contributed by atoms with Gasteiger partial charge in [-0.15, -0.1) is 11.3 Å². The van der Waals surface area contributed by atoms with Crippen LogP contribution in [0.5, 0.6) is 0 Å². The third-order valence-corrected chi connectivity index (χ3v) is 6.53. The van der Waals surface area contributed by atoms with E-state index in [9.17, 15) is 0 Å². The molecule has 1 aliphatic carbocycles. The Balaban J connectivity index is 1.61. The summed E-state index contributed by atoms with van der Waals surface area (Å²) in [4.78, 5) is 1.49. The van der Waals surface area contributed by atoms with Crippen LogP contribution in [0, 0.1) is 5.92 Å². The highest BCUT2D eigenvalue weighted by molar-refractivity contribution is 7.19. The molecule has 0 bridgehead atoms. The first-order chi connectivity index (χ1) is 10.3. The lowest BCUT2D eigenvalue weighted by atomic mass is 9.70. The van der Waals surface area contributed by atoms with Gasteiger partial charge in [-0.25, -0.2) is 0 Å². The van der Waals surface area contributed by atoms with Crippen molar-refractivity contribution in [1.82, 2.24) is 5.32 Å². The molecule has 2 unspecified atom stereocenters. The number of hydrogen-bond donors (Lipinski definition) is 1. The van der Waals surface area contributed by atoms with E-state index in [2.05, 4.69) is 42.7 Å². The van der Waals surface area contributed by atoms with Crippen molar-refractivity contribution in [3.8, 4) is 0 Å². The molecule has 2 nitrogen and oxygen atoms in total. The average molecular weight is 301 g/mol. The molecule has 2 fully saturated rings. The highest BCUT2D eigenvalue weighted by Crippen LogP contribution is 2.48. The van der Waals surface area contributed by atoms with Crippen LogP contribution in [0.2, 0.25) is 0 Å². The molecule has 1 spiro atoms. The first-order valence-corrected chi connectivity index (χ1v) is 8.91. The normalized spacial score (nSPS) is 25.9. The standard InChI is InChI=1S/C18H23NOS/c1-19-17(14-7-10-20-18(12-14)8-4-9-18)16-11-13-5-2-3-6-15(13)21-16/h2-3,5-6,11,14,17,19H,4,7-10,12H2,1H3. The topological polar surface area (TPSA) is 21.3 Å². The second-order valence-electron chi connectivity index (χ2n) is 6.59.